The number of hydrogen-bond acceptors (Lipinski definition) is 3. The predicted molar refractivity (Wildman–Crippen MR) is 66.1 cm³/mol. The SMILES string of the molecule is C#CCN1CCC(Nc2ccc(F)nc2)CC1. The Morgan fingerprint density at radius 2 is 2.24 bits per heavy atom. The van der Waals surface area contributed by atoms with E-state index >= 15 is 0 Å². The standard InChI is InChI=1S/C13H16FN3/c1-2-7-17-8-5-11(6-9-17)16-12-3-4-13(14)15-10-12/h1,3-4,10-11,16H,5-9H2. The summed E-state index contributed by atoms with van der Waals surface area (Å²) in [5.74, 6) is 2.22. The molecule has 1 aliphatic heterocycles. The highest BCUT2D eigenvalue weighted by Crippen LogP contribution is 2.15. The van der Waals surface area contributed by atoms with Crippen LogP contribution in [-0.4, -0.2) is 35.6 Å². The lowest BCUT2D eigenvalue weighted by atomic mass is 10.0. The molecule has 1 saturated heterocycles. The number of hydrogen-bond donors (Lipinski definition) is 1. The molecule has 0 atom stereocenters. The molecule has 1 aliphatic rings. The molecule has 17 heavy (non-hydrogen) atoms. The first kappa shape index (κ1) is 11.9. The van der Waals surface area contributed by atoms with E-state index in [1.807, 2.05) is 0 Å². The molecule has 2 heterocycles. The lowest BCUT2D eigenvalue weighted by Gasteiger charge is -2.31. The number of aromatic nitrogens is 1. The topological polar surface area (TPSA) is 28.2 Å². The van der Waals surface area contributed by atoms with Gasteiger partial charge in [-0.1, -0.05) is 5.92 Å². The Morgan fingerprint density at radius 3 is 2.82 bits per heavy atom. The van der Waals surface area contributed by atoms with E-state index < -0.39 is 5.95 Å². The number of anilines is 1. The summed E-state index contributed by atoms with van der Waals surface area (Å²) in [5.41, 5.74) is 0.877. The Balaban J connectivity index is 1.82. The van der Waals surface area contributed by atoms with Gasteiger partial charge in [-0.3, -0.25) is 4.90 Å². The average Bonchev–Trinajstić information content (AvgIpc) is 2.35. The molecule has 0 unspecified atom stereocenters. The van der Waals surface area contributed by atoms with Crippen LogP contribution >= 0.6 is 0 Å². The van der Waals surface area contributed by atoms with Crippen LogP contribution in [0.1, 0.15) is 12.8 Å². The molecule has 1 aromatic heterocycles. The highest BCUT2D eigenvalue weighted by molar-refractivity contribution is 5.41. The second-order valence-corrected chi connectivity index (χ2v) is 4.27. The largest absolute Gasteiger partial charge is 0.381 e. The zero-order chi connectivity index (χ0) is 12.1. The summed E-state index contributed by atoms with van der Waals surface area (Å²) in [5, 5.41) is 3.36. The summed E-state index contributed by atoms with van der Waals surface area (Å²) in [6, 6.07) is 3.52. The maximum atomic E-state index is 12.6. The number of likely N-dealkylation sites (tertiary alicyclic amines) is 1. The third-order valence-corrected chi connectivity index (χ3v) is 3.00. The summed E-state index contributed by atoms with van der Waals surface area (Å²) >= 11 is 0. The van der Waals surface area contributed by atoms with Gasteiger partial charge in [0.05, 0.1) is 18.4 Å². The number of piperidine rings is 1. The molecule has 1 N–H and O–H groups in total. The summed E-state index contributed by atoms with van der Waals surface area (Å²) < 4.78 is 12.6. The van der Waals surface area contributed by atoms with Gasteiger partial charge in [0.2, 0.25) is 5.95 Å². The molecule has 1 aromatic rings. The van der Waals surface area contributed by atoms with Gasteiger partial charge in [0.15, 0.2) is 0 Å². The minimum Gasteiger partial charge on any atom is -0.381 e. The van der Waals surface area contributed by atoms with Crippen molar-refractivity contribution in [2.45, 2.75) is 18.9 Å². The van der Waals surface area contributed by atoms with Crippen molar-refractivity contribution in [2.24, 2.45) is 0 Å². The molecule has 0 aromatic carbocycles. The molecule has 0 aliphatic carbocycles. The summed E-state index contributed by atoms with van der Waals surface area (Å²) in [6.07, 6.45) is 8.92. The van der Waals surface area contributed by atoms with Crippen molar-refractivity contribution in [3.8, 4) is 12.3 Å². The third kappa shape index (κ3) is 3.43. The van der Waals surface area contributed by atoms with E-state index in [1.165, 1.54) is 12.3 Å². The van der Waals surface area contributed by atoms with Crippen LogP contribution in [0.15, 0.2) is 18.3 Å². The Labute approximate surface area is 101 Å². The molecule has 90 valence electrons. The van der Waals surface area contributed by atoms with Crippen molar-refractivity contribution in [1.29, 1.82) is 0 Å². The van der Waals surface area contributed by atoms with E-state index in [9.17, 15) is 4.39 Å². The minimum absolute atomic E-state index is 0.427. The van der Waals surface area contributed by atoms with Crippen molar-refractivity contribution in [1.82, 2.24) is 9.88 Å². The van der Waals surface area contributed by atoms with Gasteiger partial charge in [-0.05, 0) is 25.0 Å². The fourth-order valence-corrected chi connectivity index (χ4v) is 2.06. The van der Waals surface area contributed by atoms with Gasteiger partial charge in [-0.15, -0.1) is 6.42 Å². The normalized spacial score (nSPS) is 17.6. The minimum atomic E-state index is -0.445. The summed E-state index contributed by atoms with van der Waals surface area (Å²) in [6.45, 7) is 2.75. The Kier molecular flexibility index (Phi) is 3.94. The fourth-order valence-electron chi connectivity index (χ4n) is 2.06. The number of pyridine rings is 1. The zero-order valence-corrected chi connectivity index (χ0v) is 9.69. The van der Waals surface area contributed by atoms with Gasteiger partial charge >= 0.3 is 0 Å². The second kappa shape index (κ2) is 5.65. The maximum Gasteiger partial charge on any atom is 0.212 e. The van der Waals surface area contributed by atoms with Gasteiger partial charge in [-0.2, -0.15) is 4.39 Å². The monoisotopic (exact) mass is 233 g/mol. The highest BCUT2D eigenvalue weighted by atomic mass is 19.1. The number of nitrogens with one attached hydrogen (secondary N) is 1. The maximum absolute atomic E-state index is 12.6. The Bertz CT molecular complexity index is 388. The first-order valence-electron chi connectivity index (χ1n) is 5.82. The van der Waals surface area contributed by atoms with Crippen LogP contribution in [0.4, 0.5) is 10.1 Å². The van der Waals surface area contributed by atoms with Crippen LogP contribution in [0.5, 0.6) is 0 Å². The van der Waals surface area contributed by atoms with Crippen molar-refractivity contribution < 1.29 is 4.39 Å². The number of terminal acetylenes is 1. The van der Waals surface area contributed by atoms with Gasteiger partial charge in [0, 0.05) is 19.1 Å². The fraction of sp³-hybridized carbons (Fsp3) is 0.462. The summed E-state index contributed by atoms with van der Waals surface area (Å²) in [4.78, 5) is 5.89. The second-order valence-electron chi connectivity index (χ2n) is 4.27. The molecule has 0 bridgehead atoms. The van der Waals surface area contributed by atoms with Gasteiger partial charge in [-0.25, -0.2) is 4.98 Å². The van der Waals surface area contributed by atoms with Crippen LogP contribution in [-0.2, 0) is 0 Å². The molecule has 3 nitrogen and oxygen atoms in total. The Morgan fingerprint density at radius 1 is 1.47 bits per heavy atom. The molecule has 2 rings (SSSR count). The van der Waals surface area contributed by atoms with Crippen LogP contribution in [0.2, 0.25) is 0 Å². The number of rotatable bonds is 3. The van der Waals surface area contributed by atoms with Crippen LogP contribution in [0.25, 0.3) is 0 Å². The molecular weight excluding hydrogens is 217 g/mol. The van der Waals surface area contributed by atoms with Gasteiger partial charge in [0.25, 0.3) is 0 Å². The molecule has 0 spiro atoms. The average molecular weight is 233 g/mol. The first-order chi connectivity index (χ1) is 8.28. The van der Waals surface area contributed by atoms with Crippen LogP contribution in [0.3, 0.4) is 0 Å². The first-order valence-corrected chi connectivity index (χ1v) is 5.82. The van der Waals surface area contributed by atoms with Crippen molar-refractivity contribution in [2.75, 3.05) is 25.0 Å². The van der Waals surface area contributed by atoms with Gasteiger partial charge in [0.1, 0.15) is 0 Å². The predicted octanol–water partition coefficient (Wildman–Crippen LogP) is 1.73. The third-order valence-electron chi connectivity index (χ3n) is 3.00. The quantitative estimate of drug-likeness (QED) is 0.636. The molecule has 0 saturated carbocycles. The molecule has 0 radical (unpaired) electrons. The van der Waals surface area contributed by atoms with Gasteiger partial charge < -0.3 is 5.32 Å². The van der Waals surface area contributed by atoms with E-state index in [0.717, 1.165) is 38.2 Å². The van der Waals surface area contributed by atoms with Crippen LogP contribution in [0, 0.1) is 18.3 Å². The highest BCUT2D eigenvalue weighted by Gasteiger charge is 2.18. The Hall–Kier alpha value is -1.60. The number of nitrogens with zero attached hydrogens (tertiary/aromatic N) is 2. The molecule has 1 fully saturated rings. The number of halogens is 1. The van der Waals surface area contributed by atoms with E-state index in [4.69, 9.17) is 6.42 Å². The lowest BCUT2D eigenvalue weighted by Crippen LogP contribution is -2.39. The van der Waals surface area contributed by atoms with Crippen molar-refractivity contribution in [3.05, 3.63) is 24.3 Å². The zero-order valence-electron chi connectivity index (χ0n) is 9.69. The van der Waals surface area contributed by atoms with E-state index in [2.05, 4.69) is 21.1 Å². The van der Waals surface area contributed by atoms with Crippen molar-refractivity contribution in [3.63, 3.8) is 0 Å². The lowest BCUT2D eigenvalue weighted by molar-refractivity contribution is 0.243. The molecule has 0 amide bonds. The van der Waals surface area contributed by atoms with E-state index in [1.54, 1.807) is 6.07 Å². The smallest absolute Gasteiger partial charge is 0.212 e. The van der Waals surface area contributed by atoms with E-state index in [0.29, 0.717) is 6.04 Å². The van der Waals surface area contributed by atoms with E-state index in [-0.39, 0.29) is 0 Å². The van der Waals surface area contributed by atoms with Crippen molar-refractivity contribution >= 4 is 5.69 Å². The molecular formula is C13H16FN3. The van der Waals surface area contributed by atoms with Crippen LogP contribution < -0.4 is 5.32 Å². The summed E-state index contributed by atoms with van der Waals surface area (Å²) in [7, 11) is 0. The molecule has 4 heteroatoms.